The van der Waals surface area contributed by atoms with Gasteiger partial charge in [-0.1, -0.05) is 23.9 Å². The minimum Gasteiger partial charge on any atom is -0.493 e. The monoisotopic (exact) mass is 446 g/mol. The third kappa shape index (κ3) is 4.54. The molecule has 3 aromatic rings. The van der Waals surface area contributed by atoms with Crippen molar-refractivity contribution in [3.05, 3.63) is 52.5 Å². The zero-order valence-electron chi connectivity index (χ0n) is 15.2. The quantitative estimate of drug-likeness (QED) is 0.536. The fraction of sp³-hybridized carbons (Fsp3) is 0.200. The number of aromatic nitrogens is 1. The average molecular weight is 447 g/mol. The second-order valence-electron chi connectivity index (χ2n) is 5.83. The number of carbonyl (C=O) groups excluding carboxylic acids is 1. The highest BCUT2D eigenvalue weighted by atomic mass is 79.9. The highest BCUT2D eigenvalue weighted by Gasteiger charge is 2.12. The molecule has 0 radical (unpaired) electrons. The summed E-state index contributed by atoms with van der Waals surface area (Å²) in [6, 6.07) is 13.3. The van der Waals surface area contributed by atoms with Gasteiger partial charge in [-0.25, -0.2) is 4.98 Å². The first-order valence-electron chi connectivity index (χ1n) is 8.22. The molecule has 0 unspecified atom stereocenters. The highest BCUT2D eigenvalue weighted by Crippen LogP contribution is 2.33. The Labute approximate surface area is 170 Å². The van der Waals surface area contributed by atoms with Crippen LogP contribution in [0.25, 0.3) is 10.9 Å². The van der Waals surface area contributed by atoms with Crippen molar-refractivity contribution < 1.29 is 14.3 Å². The summed E-state index contributed by atoms with van der Waals surface area (Å²) >= 11 is 4.84. The summed E-state index contributed by atoms with van der Waals surface area (Å²) in [4.78, 5) is 17.0. The number of nitrogens with one attached hydrogen (secondary N) is 1. The molecule has 0 aliphatic carbocycles. The van der Waals surface area contributed by atoms with E-state index in [4.69, 9.17) is 14.5 Å². The molecule has 0 spiro atoms. The lowest BCUT2D eigenvalue weighted by atomic mass is 10.1. The number of pyridine rings is 1. The number of fused-ring (bicyclic) bond motifs is 1. The predicted octanol–water partition coefficient (Wildman–Crippen LogP) is 5.05. The van der Waals surface area contributed by atoms with Crippen molar-refractivity contribution in [3.63, 3.8) is 0 Å². The number of nitrogens with zero attached hydrogens (tertiary/aromatic N) is 1. The normalized spacial score (nSPS) is 10.7. The van der Waals surface area contributed by atoms with Crippen molar-refractivity contribution in [2.45, 2.75) is 11.9 Å². The maximum absolute atomic E-state index is 12.3. The molecule has 5 nitrogen and oxygen atoms in total. The van der Waals surface area contributed by atoms with Crippen molar-refractivity contribution in [3.8, 4) is 11.5 Å². The molecule has 0 aliphatic rings. The van der Waals surface area contributed by atoms with E-state index in [1.54, 1.807) is 14.2 Å². The van der Waals surface area contributed by atoms with Crippen LogP contribution in [0.4, 0.5) is 5.69 Å². The van der Waals surface area contributed by atoms with Crippen LogP contribution < -0.4 is 14.8 Å². The predicted molar refractivity (Wildman–Crippen MR) is 113 cm³/mol. The van der Waals surface area contributed by atoms with Gasteiger partial charge in [-0.15, -0.1) is 0 Å². The number of anilines is 1. The Morgan fingerprint density at radius 2 is 1.85 bits per heavy atom. The molecule has 2 aromatic carbocycles. The van der Waals surface area contributed by atoms with Crippen LogP contribution >= 0.6 is 27.7 Å². The van der Waals surface area contributed by atoms with Gasteiger partial charge in [0.25, 0.3) is 0 Å². The first-order chi connectivity index (χ1) is 13.0. The number of thioether (sulfide) groups is 1. The Kier molecular flexibility index (Phi) is 6.23. The van der Waals surface area contributed by atoms with Crippen LogP contribution in [-0.2, 0) is 4.79 Å². The number of amides is 1. The van der Waals surface area contributed by atoms with Gasteiger partial charge in [-0.05, 0) is 52.7 Å². The molecule has 0 aliphatic heterocycles. The molecule has 0 saturated heterocycles. The van der Waals surface area contributed by atoms with Gasteiger partial charge in [0.15, 0.2) is 11.5 Å². The molecule has 7 heteroatoms. The number of rotatable bonds is 6. The minimum absolute atomic E-state index is 0.0829. The Bertz CT molecular complexity index is 994. The van der Waals surface area contributed by atoms with E-state index in [0.717, 1.165) is 31.7 Å². The molecule has 0 bridgehead atoms. The molecular formula is C20H19BrN2O3S. The summed E-state index contributed by atoms with van der Waals surface area (Å²) in [5.41, 5.74) is 2.56. The van der Waals surface area contributed by atoms with E-state index in [1.165, 1.54) is 11.8 Å². The fourth-order valence-corrected chi connectivity index (χ4v) is 3.79. The Balaban J connectivity index is 1.77. The molecule has 0 saturated carbocycles. The van der Waals surface area contributed by atoms with E-state index in [9.17, 15) is 4.79 Å². The average Bonchev–Trinajstić information content (AvgIpc) is 2.67. The number of hydrogen-bond acceptors (Lipinski definition) is 5. The molecule has 1 N–H and O–H groups in total. The lowest BCUT2D eigenvalue weighted by Crippen LogP contribution is -2.14. The molecule has 140 valence electrons. The largest absolute Gasteiger partial charge is 0.493 e. The number of para-hydroxylation sites is 1. The smallest absolute Gasteiger partial charge is 0.234 e. The standard InChI is InChI=1S/C20H19BrN2O3S/c1-12-8-13-9-17(25-2)18(26-3)10-16(13)23-20(12)27-11-19(24)22-15-7-5-4-6-14(15)21/h4-10H,11H2,1-3H3,(H,22,24). The van der Waals surface area contributed by atoms with Gasteiger partial charge < -0.3 is 14.8 Å². The van der Waals surface area contributed by atoms with Crippen LogP contribution in [-0.4, -0.2) is 30.9 Å². The Morgan fingerprint density at radius 3 is 2.56 bits per heavy atom. The number of aryl methyl sites for hydroxylation is 1. The minimum atomic E-state index is -0.0829. The summed E-state index contributed by atoms with van der Waals surface area (Å²) in [5, 5.41) is 4.68. The summed E-state index contributed by atoms with van der Waals surface area (Å²) in [7, 11) is 3.21. The van der Waals surface area contributed by atoms with Gasteiger partial charge in [0.1, 0.15) is 5.03 Å². The van der Waals surface area contributed by atoms with Crippen molar-refractivity contribution >= 4 is 50.2 Å². The number of hydrogen-bond donors (Lipinski definition) is 1. The Morgan fingerprint density at radius 1 is 1.15 bits per heavy atom. The Hall–Kier alpha value is -2.25. The van der Waals surface area contributed by atoms with Crippen LogP contribution in [0, 0.1) is 6.92 Å². The van der Waals surface area contributed by atoms with Crippen LogP contribution in [0.5, 0.6) is 11.5 Å². The lowest BCUT2D eigenvalue weighted by Gasteiger charge is -2.11. The van der Waals surface area contributed by atoms with E-state index >= 15 is 0 Å². The molecular weight excluding hydrogens is 428 g/mol. The maximum Gasteiger partial charge on any atom is 0.234 e. The van der Waals surface area contributed by atoms with Crippen LogP contribution in [0.15, 0.2) is 52.0 Å². The zero-order chi connectivity index (χ0) is 19.4. The molecule has 1 heterocycles. The lowest BCUT2D eigenvalue weighted by molar-refractivity contribution is -0.113. The first-order valence-corrected chi connectivity index (χ1v) is 10.00. The summed E-state index contributed by atoms with van der Waals surface area (Å²) in [5.74, 6) is 1.48. The number of methoxy groups -OCH3 is 2. The van der Waals surface area contributed by atoms with Gasteiger partial charge >= 0.3 is 0 Å². The molecule has 3 rings (SSSR count). The molecule has 1 amide bonds. The van der Waals surface area contributed by atoms with Crippen LogP contribution in [0.1, 0.15) is 5.56 Å². The highest BCUT2D eigenvalue weighted by molar-refractivity contribution is 9.10. The van der Waals surface area contributed by atoms with Gasteiger partial charge in [-0.3, -0.25) is 4.79 Å². The molecule has 0 fully saturated rings. The summed E-state index contributed by atoms with van der Waals surface area (Å²) < 4.78 is 11.5. The van der Waals surface area contributed by atoms with E-state index in [-0.39, 0.29) is 11.7 Å². The summed E-state index contributed by atoms with van der Waals surface area (Å²) in [6.07, 6.45) is 0. The van der Waals surface area contributed by atoms with Crippen LogP contribution in [0.3, 0.4) is 0 Å². The SMILES string of the molecule is COc1cc2cc(C)c(SCC(=O)Nc3ccccc3Br)nc2cc1OC. The van der Waals surface area contributed by atoms with Gasteiger partial charge in [0.05, 0.1) is 31.2 Å². The fourth-order valence-electron chi connectivity index (χ4n) is 2.62. The maximum atomic E-state index is 12.3. The van der Waals surface area contributed by atoms with E-state index < -0.39 is 0 Å². The number of halogens is 1. The molecule has 0 atom stereocenters. The van der Waals surface area contributed by atoms with E-state index in [2.05, 4.69) is 21.2 Å². The van der Waals surface area contributed by atoms with Gasteiger partial charge in [0.2, 0.25) is 5.91 Å². The molecule has 1 aromatic heterocycles. The third-order valence-corrected chi connectivity index (χ3v) is 5.74. The summed E-state index contributed by atoms with van der Waals surface area (Å²) in [6.45, 7) is 1.98. The van der Waals surface area contributed by atoms with Gasteiger partial charge in [0, 0.05) is 15.9 Å². The number of carbonyl (C=O) groups is 1. The van der Waals surface area contributed by atoms with Crippen molar-refractivity contribution in [1.82, 2.24) is 4.98 Å². The van der Waals surface area contributed by atoms with E-state index in [1.807, 2.05) is 49.4 Å². The van der Waals surface area contributed by atoms with Gasteiger partial charge in [-0.2, -0.15) is 0 Å². The van der Waals surface area contributed by atoms with E-state index in [0.29, 0.717) is 11.5 Å². The topological polar surface area (TPSA) is 60.5 Å². The van der Waals surface area contributed by atoms with Crippen LogP contribution in [0.2, 0.25) is 0 Å². The second-order valence-corrected chi connectivity index (χ2v) is 7.65. The zero-order valence-corrected chi connectivity index (χ0v) is 17.6. The second kappa shape index (κ2) is 8.63. The van der Waals surface area contributed by atoms with Crippen molar-refractivity contribution in [1.29, 1.82) is 0 Å². The third-order valence-electron chi connectivity index (χ3n) is 3.95. The van der Waals surface area contributed by atoms with Crippen molar-refractivity contribution in [2.75, 3.05) is 25.3 Å². The van der Waals surface area contributed by atoms with Crippen molar-refractivity contribution in [2.24, 2.45) is 0 Å². The first kappa shape index (κ1) is 19.5. The molecule has 27 heavy (non-hydrogen) atoms. The number of benzene rings is 2. The number of ether oxygens (including phenoxy) is 2.